The summed E-state index contributed by atoms with van der Waals surface area (Å²) in [5, 5.41) is 0. The topological polar surface area (TPSA) is 17.1 Å². The summed E-state index contributed by atoms with van der Waals surface area (Å²) in [6.45, 7) is 3.53. The molecule has 0 unspecified atom stereocenters. The Morgan fingerprint density at radius 2 is 2.20 bits per heavy atom. The highest BCUT2D eigenvalue weighted by molar-refractivity contribution is 7.99. The monoisotopic (exact) mass is 222 g/mol. The number of ketones is 1. The fourth-order valence-electron chi connectivity index (χ4n) is 1.57. The maximum absolute atomic E-state index is 13.3. The molecule has 0 aliphatic carbocycles. The molecule has 1 nitrogen and oxygen atoms in total. The van der Waals surface area contributed by atoms with Crippen molar-refractivity contribution in [3.05, 3.63) is 40.7 Å². The predicted octanol–water partition coefficient (Wildman–Crippen LogP) is 3.37. The molecule has 1 aromatic rings. The van der Waals surface area contributed by atoms with Gasteiger partial charge in [0, 0.05) is 21.8 Å². The average molecular weight is 222 g/mol. The highest BCUT2D eigenvalue weighted by Crippen LogP contribution is 2.33. The molecular weight excluding hydrogens is 211 g/mol. The van der Waals surface area contributed by atoms with Gasteiger partial charge in [-0.15, -0.1) is 11.8 Å². The molecule has 0 radical (unpaired) electrons. The third kappa shape index (κ3) is 1.72. The summed E-state index contributed by atoms with van der Waals surface area (Å²) < 4.78 is 13.3. The van der Waals surface area contributed by atoms with Crippen molar-refractivity contribution < 1.29 is 9.18 Å². The van der Waals surface area contributed by atoms with Gasteiger partial charge in [0.2, 0.25) is 0 Å². The number of thioether (sulfide) groups is 1. The molecule has 0 saturated heterocycles. The Bertz CT molecular complexity index is 463. The summed E-state index contributed by atoms with van der Waals surface area (Å²) in [4.78, 5) is 12.7. The average Bonchev–Trinajstić information content (AvgIpc) is 2.22. The summed E-state index contributed by atoms with van der Waals surface area (Å²) in [6, 6.07) is 3.10. The minimum atomic E-state index is -0.238. The smallest absolute Gasteiger partial charge is 0.190 e. The van der Waals surface area contributed by atoms with Gasteiger partial charge in [0.1, 0.15) is 5.82 Å². The summed E-state index contributed by atoms with van der Waals surface area (Å²) >= 11 is 1.52. The number of rotatable bonds is 0. The lowest BCUT2D eigenvalue weighted by Crippen LogP contribution is -2.13. The number of hydrogen-bond acceptors (Lipinski definition) is 2. The molecule has 78 valence electrons. The Hall–Kier alpha value is -1.09. The van der Waals surface area contributed by atoms with Crippen LogP contribution in [0.25, 0.3) is 0 Å². The van der Waals surface area contributed by atoms with Gasteiger partial charge in [-0.25, -0.2) is 4.39 Å². The van der Waals surface area contributed by atoms with Gasteiger partial charge in [-0.2, -0.15) is 0 Å². The molecule has 0 atom stereocenters. The van der Waals surface area contributed by atoms with E-state index in [-0.39, 0.29) is 11.6 Å². The molecule has 1 heterocycles. The molecule has 1 aliphatic heterocycles. The van der Waals surface area contributed by atoms with Gasteiger partial charge in [-0.05, 0) is 31.5 Å². The van der Waals surface area contributed by atoms with Gasteiger partial charge in [-0.1, -0.05) is 6.08 Å². The molecule has 15 heavy (non-hydrogen) atoms. The van der Waals surface area contributed by atoms with Gasteiger partial charge in [-0.3, -0.25) is 4.79 Å². The number of benzene rings is 1. The van der Waals surface area contributed by atoms with Crippen LogP contribution in [0.2, 0.25) is 0 Å². The van der Waals surface area contributed by atoms with Crippen LogP contribution in [0.15, 0.2) is 28.7 Å². The van der Waals surface area contributed by atoms with Crippen LogP contribution in [0.1, 0.15) is 22.8 Å². The molecule has 0 aromatic heterocycles. The fraction of sp³-hybridized carbons (Fsp3) is 0.250. The highest BCUT2D eigenvalue weighted by Gasteiger charge is 2.22. The zero-order chi connectivity index (χ0) is 11.0. The molecule has 3 heteroatoms. The standard InChI is InChI=1S/C12H11FOS/c1-3-8-6-15-11-5-10(13)7(2)4-9(11)12(8)14/h3-5H,6H2,1-2H3/b8-3+. The zero-order valence-electron chi connectivity index (χ0n) is 8.63. The zero-order valence-corrected chi connectivity index (χ0v) is 9.45. The van der Waals surface area contributed by atoms with Gasteiger partial charge < -0.3 is 0 Å². The fourth-order valence-corrected chi connectivity index (χ4v) is 2.67. The molecule has 0 amide bonds. The minimum Gasteiger partial charge on any atom is -0.289 e. The molecule has 0 N–H and O–H groups in total. The van der Waals surface area contributed by atoms with Crippen LogP contribution in [0, 0.1) is 12.7 Å². The summed E-state index contributed by atoms with van der Waals surface area (Å²) in [6.07, 6.45) is 1.83. The Morgan fingerprint density at radius 3 is 2.87 bits per heavy atom. The lowest BCUT2D eigenvalue weighted by molar-refractivity contribution is 0.103. The SMILES string of the molecule is C/C=C1\CSc2cc(F)c(C)cc2C1=O. The van der Waals surface area contributed by atoms with Crippen LogP contribution in [0.4, 0.5) is 4.39 Å². The number of allylic oxidation sites excluding steroid dienone is 1. The van der Waals surface area contributed by atoms with Crippen LogP contribution in [0.3, 0.4) is 0 Å². The van der Waals surface area contributed by atoms with Crippen molar-refractivity contribution in [3.63, 3.8) is 0 Å². The van der Waals surface area contributed by atoms with Crippen molar-refractivity contribution in [1.29, 1.82) is 0 Å². The van der Waals surface area contributed by atoms with Gasteiger partial charge >= 0.3 is 0 Å². The highest BCUT2D eigenvalue weighted by atomic mass is 32.2. The first kappa shape index (κ1) is 10.4. The number of aryl methyl sites for hydroxylation is 1. The number of halogens is 1. The third-order valence-corrected chi connectivity index (χ3v) is 3.63. The molecule has 0 spiro atoms. The van der Waals surface area contributed by atoms with Gasteiger partial charge in [0.15, 0.2) is 5.78 Å². The molecule has 2 rings (SSSR count). The minimum absolute atomic E-state index is 0.0364. The van der Waals surface area contributed by atoms with Crippen LogP contribution in [0.5, 0.6) is 0 Å². The van der Waals surface area contributed by atoms with E-state index in [1.807, 2.05) is 13.0 Å². The molecule has 0 fully saturated rings. The Balaban J connectivity index is 2.57. The number of fused-ring (bicyclic) bond motifs is 1. The number of Topliss-reactive ketones (excluding diaryl/α,β-unsaturated/α-hetero) is 1. The second-order valence-electron chi connectivity index (χ2n) is 3.53. The van der Waals surface area contributed by atoms with E-state index in [4.69, 9.17) is 0 Å². The number of carbonyl (C=O) groups excluding carboxylic acids is 1. The largest absolute Gasteiger partial charge is 0.289 e. The van der Waals surface area contributed by atoms with Crippen molar-refractivity contribution in [3.8, 4) is 0 Å². The Morgan fingerprint density at radius 1 is 1.47 bits per heavy atom. The molecule has 0 saturated carbocycles. The van der Waals surface area contributed by atoms with E-state index in [2.05, 4.69) is 0 Å². The lowest BCUT2D eigenvalue weighted by Gasteiger charge is -2.17. The lowest BCUT2D eigenvalue weighted by atomic mass is 10.0. The Kier molecular flexibility index (Phi) is 2.65. The van der Waals surface area contributed by atoms with Gasteiger partial charge in [0.05, 0.1) is 0 Å². The predicted molar refractivity (Wildman–Crippen MR) is 59.9 cm³/mol. The molecule has 1 aromatic carbocycles. The maximum atomic E-state index is 13.3. The van der Waals surface area contributed by atoms with Crippen molar-refractivity contribution in [2.24, 2.45) is 0 Å². The van der Waals surface area contributed by atoms with E-state index in [1.165, 1.54) is 17.8 Å². The van der Waals surface area contributed by atoms with Crippen molar-refractivity contribution in [2.45, 2.75) is 18.7 Å². The first-order valence-corrected chi connectivity index (χ1v) is 5.75. The number of carbonyl (C=O) groups is 1. The van der Waals surface area contributed by atoms with Gasteiger partial charge in [0.25, 0.3) is 0 Å². The van der Waals surface area contributed by atoms with Crippen LogP contribution < -0.4 is 0 Å². The summed E-state index contributed by atoms with van der Waals surface area (Å²) in [5.74, 6) is 0.442. The second kappa shape index (κ2) is 3.81. The third-order valence-electron chi connectivity index (χ3n) is 2.53. The van der Waals surface area contributed by atoms with Crippen molar-refractivity contribution >= 4 is 17.5 Å². The Labute approximate surface area is 92.4 Å². The van der Waals surface area contributed by atoms with Crippen molar-refractivity contribution in [2.75, 3.05) is 5.75 Å². The number of hydrogen-bond donors (Lipinski definition) is 0. The van der Waals surface area contributed by atoms with Crippen LogP contribution in [-0.2, 0) is 0 Å². The first-order valence-electron chi connectivity index (χ1n) is 4.76. The molecule has 0 bridgehead atoms. The van der Waals surface area contributed by atoms with Crippen LogP contribution >= 0.6 is 11.8 Å². The van der Waals surface area contributed by atoms with E-state index in [0.717, 1.165) is 10.5 Å². The maximum Gasteiger partial charge on any atom is 0.190 e. The summed E-state index contributed by atoms with van der Waals surface area (Å²) in [5.41, 5.74) is 1.97. The van der Waals surface area contributed by atoms with E-state index in [9.17, 15) is 9.18 Å². The first-order chi connectivity index (χ1) is 7.13. The quantitative estimate of drug-likeness (QED) is 0.626. The molecule has 1 aliphatic rings. The second-order valence-corrected chi connectivity index (χ2v) is 4.55. The molecular formula is C12H11FOS. The van der Waals surface area contributed by atoms with Crippen molar-refractivity contribution in [1.82, 2.24) is 0 Å². The normalized spacial score (nSPS) is 18.1. The van der Waals surface area contributed by atoms with E-state index in [1.54, 1.807) is 13.0 Å². The van der Waals surface area contributed by atoms with E-state index >= 15 is 0 Å². The summed E-state index contributed by atoms with van der Waals surface area (Å²) in [7, 11) is 0. The van der Waals surface area contributed by atoms with Crippen LogP contribution in [-0.4, -0.2) is 11.5 Å². The van der Waals surface area contributed by atoms with E-state index < -0.39 is 0 Å². The van der Waals surface area contributed by atoms with E-state index in [0.29, 0.717) is 16.9 Å².